The fourth-order valence-electron chi connectivity index (χ4n) is 2.17. The van der Waals surface area contributed by atoms with Gasteiger partial charge in [-0.25, -0.2) is 0 Å². The first-order chi connectivity index (χ1) is 11.0. The molecule has 0 heterocycles. The highest BCUT2D eigenvalue weighted by Crippen LogP contribution is 2.28. The molecule has 1 atom stereocenters. The quantitative estimate of drug-likeness (QED) is 0.849. The summed E-state index contributed by atoms with van der Waals surface area (Å²) in [7, 11) is 1.57. The molecule has 5 heteroatoms. The molecule has 1 N–H and O–H groups in total. The van der Waals surface area contributed by atoms with Crippen LogP contribution < -0.4 is 14.8 Å². The minimum absolute atomic E-state index is 0.205. The first kappa shape index (κ1) is 17.2. The van der Waals surface area contributed by atoms with Crippen molar-refractivity contribution in [1.29, 1.82) is 0 Å². The summed E-state index contributed by atoms with van der Waals surface area (Å²) >= 11 is 5.93. The molecule has 2 aromatic rings. The molecule has 0 aromatic heterocycles. The summed E-state index contributed by atoms with van der Waals surface area (Å²) < 4.78 is 11.1. The molecule has 0 bridgehead atoms. The van der Waals surface area contributed by atoms with Crippen LogP contribution in [-0.4, -0.2) is 19.1 Å². The monoisotopic (exact) mass is 333 g/mol. The van der Waals surface area contributed by atoms with E-state index in [0.29, 0.717) is 22.9 Å². The summed E-state index contributed by atoms with van der Waals surface area (Å²) in [6, 6.07) is 12.6. The van der Waals surface area contributed by atoms with Gasteiger partial charge in [0, 0.05) is 10.7 Å². The topological polar surface area (TPSA) is 47.6 Å². The van der Waals surface area contributed by atoms with Crippen LogP contribution >= 0.6 is 11.6 Å². The number of nitrogens with one attached hydrogen (secondary N) is 1. The van der Waals surface area contributed by atoms with Gasteiger partial charge in [0.15, 0.2) is 17.6 Å². The van der Waals surface area contributed by atoms with Crippen molar-refractivity contribution in [3.05, 3.63) is 53.1 Å². The van der Waals surface area contributed by atoms with Crippen LogP contribution in [0.25, 0.3) is 0 Å². The molecule has 0 aliphatic heterocycles. The van der Waals surface area contributed by atoms with Crippen molar-refractivity contribution in [3.8, 4) is 11.5 Å². The minimum Gasteiger partial charge on any atom is -0.493 e. The summed E-state index contributed by atoms with van der Waals surface area (Å²) in [5, 5.41) is 3.52. The predicted molar refractivity (Wildman–Crippen MR) is 92.5 cm³/mol. The number of hydrogen-bond donors (Lipinski definition) is 1. The molecule has 0 radical (unpaired) electrons. The van der Waals surface area contributed by atoms with Gasteiger partial charge in [-0.15, -0.1) is 0 Å². The van der Waals surface area contributed by atoms with Crippen LogP contribution in [0, 0.1) is 6.92 Å². The Morgan fingerprint density at radius 1 is 1.22 bits per heavy atom. The number of methoxy groups -OCH3 is 1. The Kier molecular flexibility index (Phi) is 5.88. The highest BCUT2D eigenvalue weighted by atomic mass is 35.5. The molecule has 1 amide bonds. The van der Waals surface area contributed by atoms with Gasteiger partial charge < -0.3 is 14.8 Å². The van der Waals surface area contributed by atoms with Crippen LogP contribution in [0.5, 0.6) is 11.5 Å². The number of carbonyl (C=O) groups is 1. The lowest BCUT2D eigenvalue weighted by Gasteiger charge is -2.19. The summed E-state index contributed by atoms with van der Waals surface area (Å²) in [4.78, 5) is 12.5. The van der Waals surface area contributed by atoms with Gasteiger partial charge in [-0.2, -0.15) is 0 Å². The third-order valence-electron chi connectivity index (χ3n) is 3.45. The first-order valence-electron chi connectivity index (χ1n) is 7.41. The Morgan fingerprint density at radius 2 is 1.91 bits per heavy atom. The van der Waals surface area contributed by atoms with Crippen molar-refractivity contribution in [3.63, 3.8) is 0 Å². The lowest BCUT2D eigenvalue weighted by Crippen LogP contribution is -2.32. The second-order valence-electron chi connectivity index (χ2n) is 5.11. The van der Waals surface area contributed by atoms with Gasteiger partial charge in [-0.3, -0.25) is 4.79 Å². The standard InChI is InChI=1S/C18H20ClNO3/c1-4-15(23-17-8-6-5-7-16(17)22-3)18(21)20-14-10-9-13(19)11-12(14)2/h5-11,15H,4H2,1-3H3,(H,20,21)/t15-/m1/s1. The molecule has 0 aliphatic rings. The van der Waals surface area contributed by atoms with E-state index in [2.05, 4.69) is 5.32 Å². The number of aryl methyl sites for hydroxylation is 1. The molecular formula is C18H20ClNO3. The Bertz CT molecular complexity index is 688. The normalized spacial score (nSPS) is 11.7. The van der Waals surface area contributed by atoms with Crippen LogP contribution in [0.4, 0.5) is 5.69 Å². The summed E-state index contributed by atoms with van der Waals surface area (Å²) in [6.45, 7) is 3.79. The van der Waals surface area contributed by atoms with Crippen LogP contribution in [0.15, 0.2) is 42.5 Å². The molecule has 0 saturated carbocycles. The third-order valence-corrected chi connectivity index (χ3v) is 3.68. The minimum atomic E-state index is -0.610. The van der Waals surface area contributed by atoms with E-state index in [9.17, 15) is 4.79 Å². The summed E-state index contributed by atoms with van der Waals surface area (Å²) in [6.07, 6.45) is -0.0716. The molecule has 2 aromatic carbocycles. The average Bonchev–Trinajstić information content (AvgIpc) is 2.55. The van der Waals surface area contributed by atoms with E-state index >= 15 is 0 Å². The predicted octanol–water partition coefficient (Wildman–Crippen LogP) is 4.45. The maximum atomic E-state index is 12.5. The van der Waals surface area contributed by atoms with Crippen molar-refractivity contribution >= 4 is 23.2 Å². The molecule has 0 saturated heterocycles. The molecule has 122 valence electrons. The molecule has 0 spiro atoms. The van der Waals surface area contributed by atoms with Crippen LogP contribution in [-0.2, 0) is 4.79 Å². The maximum absolute atomic E-state index is 12.5. The molecule has 0 fully saturated rings. The fourth-order valence-corrected chi connectivity index (χ4v) is 2.40. The molecular weight excluding hydrogens is 314 g/mol. The van der Waals surface area contributed by atoms with Crippen LogP contribution in [0.3, 0.4) is 0 Å². The van der Waals surface area contributed by atoms with E-state index in [1.54, 1.807) is 37.4 Å². The second kappa shape index (κ2) is 7.88. The molecule has 2 rings (SSSR count). The van der Waals surface area contributed by atoms with E-state index in [1.807, 2.05) is 26.0 Å². The van der Waals surface area contributed by atoms with Crippen molar-refractivity contribution < 1.29 is 14.3 Å². The van der Waals surface area contributed by atoms with Gasteiger partial charge in [0.05, 0.1) is 7.11 Å². The van der Waals surface area contributed by atoms with Crippen molar-refractivity contribution in [2.75, 3.05) is 12.4 Å². The smallest absolute Gasteiger partial charge is 0.265 e. The number of carbonyl (C=O) groups excluding carboxylic acids is 1. The second-order valence-corrected chi connectivity index (χ2v) is 5.55. The number of halogens is 1. The first-order valence-corrected chi connectivity index (χ1v) is 7.79. The highest BCUT2D eigenvalue weighted by Gasteiger charge is 2.20. The van der Waals surface area contributed by atoms with Gasteiger partial charge in [-0.05, 0) is 49.2 Å². The summed E-state index contributed by atoms with van der Waals surface area (Å²) in [5.74, 6) is 0.940. The molecule has 4 nitrogen and oxygen atoms in total. The Labute approximate surface area is 141 Å². The van der Waals surface area contributed by atoms with Crippen molar-refractivity contribution in [2.24, 2.45) is 0 Å². The Hall–Kier alpha value is -2.20. The van der Waals surface area contributed by atoms with Gasteiger partial charge >= 0.3 is 0 Å². The lowest BCUT2D eigenvalue weighted by atomic mass is 10.2. The molecule has 0 aliphatic carbocycles. The zero-order valence-electron chi connectivity index (χ0n) is 13.4. The molecule has 0 unspecified atom stereocenters. The zero-order chi connectivity index (χ0) is 16.8. The van der Waals surface area contributed by atoms with Gasteiger partial charge in [0.2, 0.25) is 0 Å². The van der Waals surface area contributed by atoms with Crippen LogP contribution in [0.2, 0.25) is 5.02 Å². The number of ether oxygens (including phenoxy) is 2. The van der Waals surface area contributed by atoms with Crippen molar-refractivity contribution in [1.82, 2.24) is 0 Å². The number of benzene rings is 2. The third kappa shape index (κ3) is 4.39. The van der Waals surface area contributed by atoms with E-state index in [4.69, 9.17) is 21.1 Å². The number of para-hydroxylation sites is 2. The molecule has 23 heavy (non-hydrogen) atoms. The van der Waals surface area contributed by atoms with E-state index in [-0.39, 0.29) is 5.91 Å². The van der Waals surface area contributed by atoms with Crippen molar-refractivity contribution in [2.45, 2.75) is 26.4 Å². The Morgan fingerprint density at radius 3 is 2.52 bits per heavy atom. The SMILES string of the molecule is CC[C@@H](Oc1ccccc1OC)C(=O)Nc1ccc(Cl)cc1C. The number of hydrogen-bond acceptors (Lipinski definition) is 3. The number of rotatable bonds is 6. The maximum Gasteiger partial charge on any atom is 0.265 e. The summed E-state index contributed by atoms with van der Waals surface area (Å²) in [5.41, 5.74) is 1.62. The van der Waals surface area contributed by atoms with E-state index in [1.165, 1.54) is 0 Å². The van der Waals surface area contributed by atoms with Crippen LogP contribution in [0.1, 0.15) is 18.9 Å². The van der Waals surface area contributed by atoms with E-state index in [0.717, 1.165) is 11.3 Å². The average molecular weight is 334 g/mol. The van der Waals surface area contributed by atoms with E-state index < -0.39 is 6.10 Å². The highest BCUT2D eigenvalue weighted by molar-refractivity contribution is 6.30. The number of amides is 1. The zero-order valence-corrected chi connectivity index (χ0v) is 14.2. The fraction of sp³-hybridized carbons (Fsp3) is 0.278. The Balaban J connectivity index is 2.12. The number of anilines is 1. The largest absolute Gasteiger partial charge is 0.493 e. The van der Waals surface area contributed by atoms with Gasteiger partial charge in [0.25, 0.3) is 5.91 Å². The lowest BCUT2D eigenvalue weighted by molar-refractivity contribution is -0.122. The van der Waals surface area contributed by atoms with Gasteiger partial charge in [-0.1, -0.05) is 30.7 Å². The van der Waals surface area contributed by atoms with Gasteiger partial charge in [0.1, 0.15) is 0 Å².